The van der Waals surface area contributed by atoms with Crippen molar-refractivity contribution in [2.75, 3.05) is 18.8 Å². The number of ketones is 1. The first kappa shape index (κ1) is 21.9. The number of carboxylic acids is 2. The minimum Gasteiger partial charge on any atom is -0.480 e. The van der Waals surface area contributed by atoms with Gasteiger partial charge in [-0.15, -0.1) is 0 Å². The summed E-state index contributed by atoms with van der Waals surface area (Å²) in [6.07, 6.45) is -0.350. The molecule has 0 heterocycles. The summed E-state index contributed by atoms with van der Waals surface area (Å²) >= 11 is 3.93. The van der Waals surface area contributed by atoms with Crippen molar-refractivity contribution in [3.8, 4) is 0 Å². The molecule has 0 saturated heterocycles. The zero-order valence-electron chi connectivity index (χ0n) is 13.1. The standard InChI is InChI=1S/C13H21N3O7S/c1-7(17)4-16(5-11(19)20)12(21)9(6-24)15-10(18)3-2-8(14)13(22)23/h8-9,24H,2-6,14H2,1H3,(H,15,18)(H,19,20)(H,22,23). The van der Waals surface area contributed by atoms with E-state index in [-0.39, 0.29) is 18.6 Å². The van der Waals surface area contributed by atoms with E-state index in [1.54, 1.807) is 0 Å². The van der Waals surface area contributed by atoms with E-state index in [1.807, 2.05) is 0 Å². The summed E-state index contributed by atoms with van der Waals surface area (Å²) in [6.45, 7) is 0.0985. The van der Waals surface area contributed by atoms with Crippen LogP contribution in [0.2, 0.25) is 0 Å². The first-order valence-corrected chi connectivity index (χ1v) is 7.60. The Morgan fingerprint density at radius 1 is 1.17 bits per heavy atom. The molecule has 0 saturated carbocycles. The highest BCUT2D eigenvalue weighted by atomic mass is 32.1. The van der Waals surface area contributed by atoms with Crippen molar-refractivity contribution < 1.29 is 34.2 Å². The Hall–Kier alpha value is -2.14. The maximum Gasteiger partial charge on any atom is 0.323 e. The fraction of sp³-hybridized carbons (Fsp3) is 0.615. The van der Waals surface area contributed by atoms with Crippen molar-refractivity contribution in [2.45, 2.75) is 31.8 Å². The number of nitrogens with two attached hydrogens (primary N) is 1. The van der Waals surface area contributed by atoms with Gasteiger partial charge in [0.2, 0.25) is 11.8 Å². The molecule has 0 aromatic rings. The van der Waals surface area contributed by atoms with Crippen LogP contribution in [0.1, 0.15) is 19.8 Å². The third-order valence-electron chi connectivity index (χ3n) is 2.87. The first-order chi connectivity index (χ1) is 11.1. The van der Waals surface area contributed by atoms with Gasteiger partial charge in [-0.25, -0.2) is 0 Å². The van der Waals surface area contributed by atoms with Crippen LogP contribution in [0.3, 0.4) is 0 Å². The normalized spacial score (nSPS) is 12.8. The molecule has 0 aliphatic carbocycles. The number of thiol groups is 1. The van der Waals surface area contributed by atoms with E-state index in [0.717, 1.165) is 4.90 Å². The lowest BCUT2D eigenvalue weighted by Gasteiger charge is -2.25. The van der Waals surface area contributed by atoms with Crippen molar-refractivity contribution in [3.05, 3.63) is 0 Å². The topological polar surface area (TPSA) is 167 Å². The molecule has 0 aliphatic rings. The largest absolute Gasteiger partial charge is 0.480 e. The van der Waals surface area contributed by atoms with E-state index < -0.39 is 54.7 Å². The number of carboxylic acid groups (broad SMARTS) is 2. The molecule has 0 bridgehead atoms. The summed E-state index contributed by atoms with van der Waals surface area (Å²) in [5.41, 5.74) is 5.27. The average molecular weight is 363 g/mol. The number of carbonyl (C=O) groups is 5. The number of rotatable bonds is 11. The maximum atomic E-state index is 12.3. The third-order valence-corrected chi connectivity index (χ3v) is 3.23. The number of nitrogens with zero attached hydrogens (tertiary/aromatic N) is 1. The fourth-order valence-electron chi connectivity index (χ4n) is 1.73. The van der Waals surface area contributed by atoms with Crippen molar-refractivity contribution in [1.29, 1.82) is 0 Å². The molecule has 0 aromatic heterocycles. The molecule has 24 heavy (non-hydrogen) atoms. The van der Waals surface area contributed by atoms with Crippen LogP contribution in [0.25, 0.3) is 0 Å². The number of hydrogen-bond acceptors (Lipinski definition) is 7. The minimum absolute atomic E-state index is 0.121. The van der Waals surface area contributed by atoms with Crippen molar-refractivity contribution in [3.63, 3.8) is 0 Å². The highest BCUT2D eigenvalue weighted by Gasteiger charge is 2.27. The Morgan fingerprint density at radius 3 is 2.17 bits per heavy atom. The van der Waals surface area contributed by atoms with Crippen LogP contribution in [0, 0.1) is 0 Å². The highest BCUT2D eigenvalue weighted by molar-refractivity contribution is 7.80. The van der Waals surface area contributed by atoms with Crippen LogP contribution in [-0.2, 0) is 24.0 Å². The van der Waals surface area contributed by atoms with E-state index in [4.69, 9.17) is 15.9 Å². The smallest absolute Gasteiger partial charge is 0.323 e. The van der Waals surface area contributed by atoms with Gasteiger partial charge in [-0.1, -0.05) is 0 Å². The molecule has 0 aliphatic heterocycles. The molecular weight excluding hydrogens is 342 g/mol. The fourth-order valence-corrected chi connectivity index (χ4v) is 1.97. The number of carbonyl (C=O) groups excluding carboxylic acids is 3. The van der Waals surface area contributed by atoms with E-state index in [1.165, 1.54) is 6.92 Å². The van der Waals surface area contributed by atoms with Crippen molar-refractivity contribution >= 4 is 42.2 Å². The van der Waals surface area contributed by atoms with Gasteiger partial charge in [-0.05, 0) is 13.3 Å². The van der Waals surface area contributed by atoms with E-state index >= 15 is 0 Å². The lowest BCUT2D eigenvalue weighted by atomic mass is 10.1. The third kappa shape index (κ3) is 8.48. The Morgan fingerprint density at radius 2 is 1.75 bits per heavy atom. The molecular formula is C13H21N3O7S. The second kappa shape index (κ2) is 10.6. The molecule has 5 N–H and O–H groups in total. The maximum absolute atomic E-state index is 12.3. The van der Waals surface area contributed by atoms with E-state index in [0.29, 0.717) is 0 Å². The van der Waals surface area contributed by atoms with E-state index in [9.17, 15) is 24.0 Å². The summed E-state index contributed by atoms with van der Waals surface area (Å²) in [7, 11) is 0. The Labute approximate surface area is 143 Å². The van der Waals surface area contributed by atoms with Gasteiger partial charge in [-0.3, -0.25) is 24.0 Å². The van der Waals surface area contributed by atoms with Crippen LogP contribution in [-0.4, -0.2) is 75.6 Å². The second-order valence-corrected chi connectivity index (χ2v) is 5.44. The molecule has 10 nitrogen and oxygen atoms in total. The molecule has 0 fully saturated rings. The van der Waals surface area contributed by atoms with Crippen LogP contribution >= 0.6 is 12.6 Å². The van der Waals surface area contributed by atoms with Gasteiger partial charge in [0.05, 0.1) is 6.54 Å². The highest BCUT2D eigenvalue weighted by Crippen LogP contribution is 2.02. The van der Waals surface area contributed by atoms with Gasteiger partial charge in [-0.2, -0.15) is 12.6 Å². The minimum atomic E-state index is -1.30. The summed E-state index contributed by atoms with van der Waals surface area (Å²) in [6, 6.07) is -2.34. The lowest BCUT2D eigenvalue weighted by Crippen LogP contribution is -2.52. The molecule has 2 unspecified atom stereocenters. The SMILES string of the molecule is CC(=O)CN(CC(=O)O)C(=O)C(CS)NC(=O)CCC(N)C(=O)O. The zero-order chi connectivity index (χ0) is 18.9. The predicted molar refractivity (Wildman–Crippen MR) is 85.5 cm³/mol. The second-order valence-electron chi connectivity index (χ2n) is 5.08. The average Bonchev–Trinajstić information content (AvgIpc) is 2.47. The van der Waals surface area contributed by atoms with Gasteiger partial charge < -0.3 is 26.2 Å². The summed E-state index contributed by atoms with van der Waals surface area (Å²) in [5.74, 6) is -4.49. The Bertz CT molecular complexity index is 496. The molecule has 0 radical (unpaired) electrons. The summed E-state index contributed by atoms with van der Waals surface area (Å²) in [4.78, 5) is 57.3. The Balaban J connectivity index is 4.80. The number of hydrogen-bond donors (Lipinski definition) is 5. The van der Waals surface area contributed by atoms with Gasteiger partial charge in [0.15, 0.2) is 0 Å². The summed E-state index contributed by atoms with van der Waals surface area (Å²) < 4.78 is 0. The summed E-state index contributed by atoms with van der Waals surface area (Å²) in [5, 5.41) is 19.8. The van der Waals surface area contributed by atoms with Gasteiger partial charge in [0, 0.05) is 12.2 Å². The molecule has 0 rings (SSSR count). The number of Topliss-reactive ketones (excluding diaryl/α,β-unsaturated/α-hetero) is 1. The van der Waals surface area contributed by atoms with Crippen LogP contribution < -0.4 is 11.1 Å². The number of amides is 2. The Kier molecular flexibility index (Phi) is 9.65. The van der Waals surface area contributed by atoms with Crippen LogP contribution in [0.4, 0.5) is 0 Å². The molecule has 0 aromatic carbocycles. The van der Waals surface area contributed by atoms with Crippen molar-refractivity contribution in [1.82, 2.24) is 10.2 Å². The van der Waals surface area contributed by atoms with Crippen molar-refractivity contribution in [2.24, 2.45) is 5.73 Å². The molecule has 2 amide bonds. The van der Waals surface area contributed by atoms with Crippen LogP contribution in [0.5, 0.6) is 0 Å². The van der Waals surface area contributed by atoms with E-state index in [2.05, 4.69) is 17.9 Å². The first-order valence-electron chi connectivity index (χ1n) is 6.97. The zero-order valence-corrected chi connectivity index (χ0v) is 14.0. The monoisotopic (exact) mass is 363 g/mol. The van der Waals surface area contributed by atoms with Gasteiger partial charge >= 0.3 is 11.9 Å². The lowest BCUT2D eigenvalue weighted by molar-refractivity contribution is -0.146. The molecule has 11 heteroatoms. The van der Waals surface area contributed by atoms with Crippen LogP contribution in [0.15, 0.2) is 0 Å². The number of nitrogens with one attached hydrogen (secondary N) is 1. The molecule has 136 valence electrons. The quantitative estimate of drug-likeness (QED) is 0.265. The molecule has 2 atom stereocenters. The molecule has 0 spiro atoms. The predicted octanol–water partition coefficient (Wildman–Crippen LogP) is -1.90. The number of aliphatic carboxylic acids is 2. The van der Waals surface area contributed by atoms with Gasteiger partial charge in [0.1, 0.15) is 24.4 Å². The van der Waals surface area contributed by atoms with Gasteiger partial charge in [0.25, 0.3) is 0 Å².